The quantitative estimate of drug-likeness (QED) is 0.451. The number of nitrogens with zero attached hydrogens (tertiary/aromatic N) is 3. The lowest BCUT2D eigenvalue weighted by atomic mass is 10.0. The van der Waals surface area contributed by atoms with Crippen LogP contribution in [0, 0.1) is 5.92 Å². The molecular formula is C23H19ClF3N5O4. The van der Waals surface area contributed by atoms with Crippen LogP contribution in [0.2, 0.25) is 5.02 Å². The van der Waals surface area contributed by atoms with E-state index in [9.17, 15) is 22.8 Å². The lowest BCUT2D eigenvalue weighted by Gasteiger charge is -2.32. The number of carbonyl (C=O) groups excluding carboxylic acids is 2. The Morgan fingerprint density at radius 2 is 1.86 bits per heavy atom. The van der Waals surface area contributed by atoms with E-state index in [1.807, 2.05) is 0 Å². The number of nitrogens with one attached hydrogen (secondary N) is 2. The second-order valence-electron chi connectivity index (χ2n) is 7.69. The van der Waals surface area contributed by atoms with Gasteiger partial charge in [0.25, 0.3) is 5.88 Å². The summed E-state index contributed by atoms with van der Waals surface area (Å²) in [7, 11) is 0. The standard InChI is InChI=1S/C23H19ClF3N5O4/c24-15-3-1-14(2-4-15)12-32-21(34)18(20(33)29-13-23(25,26)27)11-28-22(32)30-16-5-7-17(8-6-16)36-19-9-10-35-31-19/h1-10,18H,11-13H2,(H,28,30)(H,29,33). The van der Waals surface area contributed by atoms with Crippen LogP contribution < -0.4 is 15.4 Å². The fourth-order valence-electron chi connectivity index (χ4n) is 3.28. The number of benzene rings is 2. The zero-order valence-electron chi connectivity index (χ0n) is 18.5. The van der Waals surface area contributed by atoms with Crippen LogP contribution in [0.4, 0.5) is 18.9 Å². The first-order valence-corrected chi connectivity index (χ1v) is 11.0. The molecule has 188 valence electrons. The Hall–Kier alpha value is -4.06. The van der Waals surface area contributed by atoms with Crippen molar-refractivity contribution in [2.75, 3.05) is 18.4 Å². The number of aliphatic imine (C=N–C) groups is 1. The molecule has 13 heteroatoms. The highest BCUT2D eigenvalue weighted by atomic mass is 35.5. The van der Waals surface area contributed by atoms with Gasteiger partial charge in [0.15, 0.2) is 0 Å². The molecule has 1 unspecified atom stereocenters. The second kappa shape index (κ2) is 10.7. The van der Waals surface area contributed by atoms with Gasteiger partial charge in [-0.1, -0.05) is 23.7 Å². The van der Waals surface area contributed by atoms with Gasteiger partial charge in [-0.05, 0) is 47.1 Å². The predicted molar refractivity (Wildman–Crippen MR) is 124 cm³/mol. The van der Waals surface area contributed by atoms with E-state index in [-0.39, 0.29) is 24.9 Å². The number of anilines is 1. The molecule has 1 aromatic heterocycles. The molecule has 4 rings (SSSR count). The highest BCUT2D eigenvalue weighted by Gasteiger charge is 2.38. The first-order valence-electron chi connectivity index (χ1n) is 10.6. The van der Waals surface area contributed by atoms with E-state index >= 15 is 0 Å². The van der Waals surface area contributed by atoms with Gasteiger partial charge in [0, 0.05) is 16.8 Å². The maximum Gasteiger partial charge on any atom is 0.405 e. The molecule has 2 heterocycles. The van der Waals surface area contributed by atoms with Crippen molar-refractivity contribution in [1.82, 2.24) is 15.4 Å². The average molecular weight is 522 g/mol. The van der Waals surface area contributed by atoms with E-state index in [0.717, 1.165) is 0 Å². The summed E-state index contributed by atoms with van der Waals surface area (Å²) in [5, 5.41) is 8.93. The normalized spacial score (nSPS) is 15.9. The van der Waals surface area contributed by atoms with Crippen molar-refractivity contribution in [3.8, 4) is 11.6 Å². The van der Waals surface area contributed by atoms with Gasteiger partial charge in [-0.25, -0.2) is 0 Å². The van der Waals surface area contributed by atoms with Gasteiger partial charge >= 0.3 is 6.18 Å². The Morgan fingerprint density at radius 3 is 2.50 bits per heavy atom. The number of rotatable bonds is 7. The van der Waals surface area contributed by atoms with Crippen LogP contribution in [-0.4, -0.2) is 47.1 Å². The molecule has 0 saturated heterocycles. The van der Waals surface area contributed by atoms with E-state index in [4.69, 9.17) is 20.9 Å². The van der Waals surface area contributed by atoms with E-state index in [2.05, 4.69) is 15.5 Å². The third kappa shape index (κ3) is 6.54. The molecular weight excluding hydrogens is 503 g/mol. The van der Waals surface area contributed by atoms with E-state index in [1.165, 1.54) is 11.2 Å². The number of guanidine groups is 1. The molecule has 0 radical (unpaired) electrons. The van der Waals surface area contributed by atoms with E-state index in [1.54, 1.807) is 59.9 Å². The number of hydrogen-bond donors (Lipinski definition) is 2. The Bertz CT molecular complexity index is 1230. The number of alkyl halides is 3. The molecule has 1 aliphatic heterocycles. The molecule has 1 atom stereocenters. The van der Waals surface area contributed by atoms with Gasteiger partial charge in [0.2, 0.25) is 17.8 Å². The maximum atomic E-state index is 13.2. The molecule has 0 fully saturated rings. The molecule has 1 aliphatic rings. The van der Waals surface area contributed by atoms with Crippen molar-refractivity contribution < 1.29 is 32.0 Å². The molecule has 2 amide bonds. The maximum absolute atomic E-state index is 13.2. The Kier molecular flexibility index (Phi) is 7.44. The first kappa shape index (κ1) is 25.0. The lowest BCUT2D eigenvalue weighted by molar-refractivity contribution is -0.147. The minimum Gasteiger partial charge on any atom is -0.436 e. The Labute approximate surface area is 207 Å². The highest BCUT2D eigenvalue weighted by Crippen LogP contribution is 2.24. The fraction of sp³-hybridized carbons (Fsp3) is 0.217. The zero-order valence-corrected chi connectivity index (χ0v) is 19.2. The van der Waals surface area contributed by atoms with Crippen molar-refractivity contribution in [3.05, 3.63) is 71.4 Å². The van der Waals surface area contributed by atoms with E-state index in [0.29, 0.717) is 22.0 Å². The van der Waals surface area contributed by atoms with Crippen LogP contribution in [-0.2, 0) is 16.1 Å². The molecule has 0 bridgehead atoms. The molecule has 2 aromatic carbocycles. The molecule has 2 N–H and O–H groups in total. The number of halogens is 4. The zero-order chi connectivity index (χ0) is 25.7. The van der Waals surface area contributed by atoms with E-state index < -0.39 is 30.5 Å². The minimum absolute atomic E-state index is 0.0121. The number of ether oxygens (including phenoxy) is 1. The summed E-state index contributed by atoms with van der Waals surface area (Å²) in [6, 6.07) is 14.8. The lowest BCUT2D eigenvalue weighted by Crippen LogP contribution is -2.53. The van der Waals surface area contributed by atoms with Crippen LogP contribution in [0.5, 0.6) is 11.6 Å². The van der Waals surface area contributed by atoms with Crippen molar-refractivity contribution in [1.29, 1.82) is 0 Å². The number of hydrogen-bond acceptors (Lipinski definition) is 7. The number of aromatic nitrogens is 1. The van der Waals surface area contributed by atoms with Crippen LogP contribution in [0.1, 0.15) is 5.56 Å². The Balaban J connectivity index is 1.52. The summed E-state index contributed by atoms with van der Waals surface area (Å²) in [6.07, 6.45) is -3.23. The first-order chi connectivity index (χ1) is 17.2. The summed E-state index contributed by atoms with van der Waals surface area (Å²) >= 11 is 5.93. The summed E-state index contributed by atoms with van der Waals surface area (Å²) < 4.78 is 47.8. The van der Waals surface area contributed by atoms with Crippen LogP contribution in [0.25, 0.3) is 0 Å². The van der Waals surface area contributed by atoms with Crippen LogP contribution >= 0.6 is 11.6 Å². The molecule has 0 saturated carbocycles. The molecule has 0 spiro atoms. The number of carbonyl (C=O) groups is 2. The summed E-state index contributed by atoms with van der Waals surface area (Å²) in [5.74, 6) is -2.23. The third-order valence-electron chi connectivity index (χ3n) is 5.02. The predicted octanol–water partition coefficient (Wildman–Crippen LogP) is 4.23. The average Bonchev–Trinajstić information content (AvgIpc) is 3.35. The van der Waals surface area contributed by atoms with Crippen LogP contribution in [0.3, 0.4) is 0 Å². The van der Waals surface area contributed by atoms with Gasteiger partial charge in [-0.15, -0.1) is 0 Å². The summed E-state index contributed by atoms with van der Waals surface area (Å²) in [6.45, 7) is -1.84. The van der Waals surface area contributed by atoms with Gasteiger partial charge < -0.3 is 19.9 Å². The monoisotopic (exact) mass is 521 g/mol. The molecule has 9 nitrogen and oxygen atoms in total. The van der Waals surface area contributed by atoms with Gasteiger partial charge in [0.1, 0.15) is 24.5 Å². The fourth-order valence-corrected chi connectivity index (χ4v) is 3.41. The highest BCUT2D eigenvalue weighted by molar-refractivity contribution is 6.30. The van der Waals surface area contributed by atoms with Crippen molar-refractivity contribution >= 4 is 35.1 Å². The number of amides is 2. The molecule has 3 aromatic rings. The third-order valence-corrected chi connectivity index (χ3v) is 5.28. The second-order valence-corrected chi connectivity index (χ2v) is 8.13. The summed E-state index contributed by atoms with van der Waals surface area (Å²) in [5.41, 5.74) is 1.23. The molecule has 0 aliphatic carbocycles. The van der Waals surface area contributed by atoms with Crippen molar-refractivity contribution in [2.24, 2.45) is 10.9 Å². The van der Waals surface area contributed by atoms with Gasteiger partial charge in [-0.3, -0.25) is 19.5 Å². The van der Waals surface area contributed by atoms with Crippen molar-refractivity contribution in [3.63, 3.8) is 0 Å². The molecule has 36 heavy (non-hydrogen) atoms. The van der Waals surface area contributed by atoms with Crippen molar-refractivity contribution in [2.45, 2.75) is 12.7 Å². The van der Waals surface area contributed by atoms with Gasteiger partial charge in [-0.2, -0.15) is 13.2 Å². The minimum atomic E-state index is -4.60. The topological polar surface area (TPSA) is 109 Å². The largest absolute Gasteiger partial charge is 0.436 e. The smallest absolute Gasteiger partial charge is 0.405 e. The summed E-state index contributed by atoms with van der Waals surface area (Å²) in [4.78, 5) is 31.0. The van der Waals surface area contributed by atoms with Crippen LogP contribution in [0.15, 0.2) is 70.4 Å². The Morgan fingerprint density at radius 1 is 1.14 bits per heavy atom. The SMILES string of the molecule is O=C(NCC(F)(F)F)C1CN=C(Nc2ccc(Oc3ccon3)cc2)N(Cc2ccc(Cl)cc2)C1=O. The van der Waals surface area contributed by atoms with Gasteiger partial charge in [0.05, 0.1) is 13.1 Å².